The lowest BCUT2D eigenvalue weighted by Gasteiger charge is -2.28. The van der Waals surface area contributed by atoms with E-state index in [1.807, 2.05) is 6.20 Å². The van der Waals surface area contributed by atoms with E-state index in [1.165, 1.54) is 25.3 Å². The third-order valence-electron chi connectivity index (χ3n) is 5.28. The van der Waals surface area contributed by atoms with E-state index in [0.29, 0.717) is 6.42 Å². The van der Waals surface area contributed by atoms with Crippen molar-refractivity contribution in [2.45, 2.75) is 38.5 Å². The summed E-state index contributed by atoms with van der Waals surface area (Å²) < 4.78 is 13.7. The van der Waals surface area contributed by atoms with E-state index in [2.05, 4.69) is 15.2 Å². The number of aromatic nitrogens is 2. The van der Waals surface area contributed by atoms with Gasteiger partial charge in [0.05, 0.1) is 5.69 Å². The van der Waals surface area contributed by atoms with Crippen LogP contribution in [-0.4, -0.2) is 29.0 Å². The van der Waals surface area contributed by atoms with Crippen molar-refractivity contribution in [3.63, 3.8) is 0 Å². The molecule has 26 heavy (non-hydrogen) atoms. The summed E-state index contributed by atoms with van der Waals surface area (Å²) >= 11 is 0. The number of nitrogens with one attached hydrogen (secondary N) is 1. The molecular weight excluding hydrogens is 331 g/mol. The number of para-hydroxylation sites is 1. The molecule has 0 radical (unpaired) electrons. The molecule has 0 spiro atoms. The Morgan fingerprint density at radius 1 is 1.19 bits per heavy atom. The maximum Gasteiger partial charge on any atom is 0.227 e. The first-order valence-electron chi connectivity index (χ1n) is 9.36. The average molecular weight is 354 g/mol. The summed E-state index contributed by atoms with van der Waals surface area (Å²) in [5.41, 5.74) is 2.32. The van der Waals surface area contributed by atoms with E-state index < -0.39 is 5.82 Å². The molecule has 1 atom stereocenters. The number of anilines is 2. The lowest BCUT2D eigenvalue weighted by molar-refractivity contribution is -0.120. The molecule has 1 aliphatic carbocycles. The Hall–Kier alpha value is -2.50. The number of nitrogens with zero attached hydrogens (tertiary/aromatic N) is 3. The molecule has 0 saturated carbocycles. The van der Waals surface area contributed by atoms with Gasteiger partial charge >= 0.3 is 0 Å². The van der Waals surface area contributed by atoms with E-state index >= 15 is 0 Å². The molecule has 1 saturated heterocycles. The normalized spacial score (nSPS) is 19.7. The van der Waals surface area contributed by atoms with Gasteiger partial charge in [-0.1, -0.05) is 12.1 Å². The zero-order valence-electron chi connectivity index (χ0n) is 14.7. The van der Waals surface area contributed by atoms with Gasteiger partial charge in [0.2, 0.25) is 11.9 Å². The number of benzene rings is 1. The van der Waals surface area contributed by atoms with Crippen LogP contribution in [0.5, 0.6) is 0 Å². The van der Waals surface area contributed by atoms with Gasteiger partial charge < -0.3 is 10.2 Å². The Balaban J connectivity index is 1.44. The number of piperidine rings is 1. The van der Waals surface area contributed by atoms with Crippen LogP contribution in [0.15, 0.2) is 30.5 Å². The highest BCUT2D eigenvalue weighted by atomic mass is 19.1. The Kier molecular flexibility index (Phi) is 4.82. The number of halogens is 1. The largest absolute Gasteiger partial charge is 0.341 e. The molecule has 1 aromatic heterocycles. The first-order chi connectivity index (χ1) is 12.7. The highest BCUT2D eigenvalue weighted by molar-refractivity contribution is 5.93. The highest BCUT2D eigenvalue weighted by Gasteiger charge is 2.27. The number of fused-ring (bicyclic) bond motifs is 1. The van der Waals surface area contributed by atoms with Crippen LogP contribution in [-0.2, 0) is 17.6 Å². The summed E-state index contributed by atoms with van der Waals surface area (Å²) in [7, 11) is 0. The maximum absolute atomic E-state index is 13.7. The predicted octanol–water partition coefficient (Wildman–Crippen LogP) is 3.35. The fraction of sp³-hybridized carbons (Fsp3) is 0.450. The molecule has 0 bridgehead atoms. The zero-order valence-corrected chi connectivity index (χ0v) is 14.7. The van der Waals surface area contributed by atoms with Crippen LogP contribution < -0.4 is 10.2 Å². The first-order valence-corrected chi connectivity index (χ1v) is 9.36. The Bertz CT molecular complexity index is 804. The van der Waals surface area contributed by atoms with Gasteiger partial charge in [-0.15, -0.1) is 0 Å². The van der Waals surface area contributed by atoms with Crippen molar-refractivity contribution < 1.29 is 9.18 Å². The summed E-state index contributed by atoms with van der Waals surface area (Å²) in [6.45, 7) is 2.04. The molecule has 4 rings (SSSR count). The van der Waals surface area contributed by atoms with Gasteiger partial charge in [0.15, 0.2) is 0 Å². The molecule has 5 nitrogen and oxygen atoms in total. The smallest absolute Gasteiger partial charge is 0.227 e. The van der Waals surface area contributed by atoms with E-state index in [4.69, 9.17) is 4.98 Å². The van der Waals surface area contributed by atoms with Crippen LogP contribution in [0.4, 0.5) is 16.0 Å². The minimum atomic E-state index is -0.411. The average Bonchev–Trinajstić information content (AvgIpc) is 2.69. The Labute approximate surface area is 152 Å². The second-order valence-electron chi connectivity index (χ2n) is 7.10. The molecule has 1 N–H and O–H groups in total. The van der Waals surface area contributed by atoms with Crippen molar-refractivity contribution in [1.82, 2.24) is 9.97 Å². The van der Waals surface area contributed by atoms with Crippen LogP contribution in [0.1, 0.15) is 36.9 Å². The number of rotatable bonds is 3. The molecule has 1 aromatic carbocycles. The third-order valence-corrected chi connectivity index (χ3v) is 5.28. The number of carbonyl (C=O) groups is 1. The van der Waals surface area contributed by atoms with Crippen molar-refractivity contribution in [1.29, 1.82) is 0 Å². The monoisotopic (exact) mass is 354 g/mol. The van der Waals surface area contributed by atoms with Gasteiger partial charge in [-0.3, -0.25) is 4.79 Å². The van der Waals surface area contributed by atoms with E-state index in [1.54, 1.807) is 18.2 Å². The van der Waals surface area contributed by atoms with Crippen LogP contribution in [0.3, 0.4) is 0 Å². The number of amides is 1. The van der Waals surface area contributed by atoms with E-state index in [9.17, 15) is 9.18 Å². The molecule has 1 aliphatic heterocycles. The van der Waals surface area contributed by atoms with Crippen LogP contribution >= 0.6 is 0 Å². The van der Waals surface area contributed by atoms with E-state index in [-0.39, 0.29) is 17.5 Å². The molecule has 0 unspecified atom stereocenters. The molecule has 2 heterocycles. The van der Waals surface area contributed by atoms with Crippen molar-refractivity contribution in [2.75, 3.05) is 23.3 Å². The molecule has 6 heteroatoms. The van der Waals surface area contributed by atoms with Crippen molar-refractivity contribution in [2.24, 2.45) is 5.92 Å². The standard InChI is InChI=1S/C20H23FN4O/c21-16-6-2-3-7-18(16)23-19(26)14-8-9-17-15(12-14)13-22-20(24-17)25-10-4-1-5-11-25/h2-3,6-7,13-14H,1,4-5,8-12H2,(H,23,26)/t14-/m0/s1. The SMILES string of the molecule is O=C(Nc1ccccc1F)[C@H]1CCc2nc(N3CCCCC3)ncc2C1. The maximum atomic E-state index is 13.7. The summed E-state index contributed by atoms with van der Waals surface area (Å²) in [4.78, 5) is 24.1. The number of carbonyl (C=O) groups excluding carboxylic acids is 1. The summed E-state index contributed by atoms with van der Waals surface area (Å²) in [5, 5.41) is 2.71. The molecular formula is C20H23FN4O. The topological polar surface area (TPSA) is 58.1 Å². The van der Waals surface area contributed by atoms with Crippen LogP contribution in [0.2, 0.25) is 0 Å². The number of hydrogen-bond acceptors (Lipinski definition) is 4. The second kappa shape index (κ2) is 7.40. The quantitative estimate of drug-likeness (QED) is 0.918. The van der Waals surface area contributed by atoms with Gasteiger partial charge in [0.25, 0.3) is 0 Å². The van der Waals surface area contributed by atoms with Gasteiger partial charge in [0, 0.05) is 30.9 Å². The highest BCUT2D eigenvalue weighted by Crippen LogP contribution is 2.27. The number of hydrogen-bond donors (Lipinski definition) is 1. The van der Waals surface area contributed by atoms with Crippen LogP contribution in [0, 0.1) is 11.7 Å². The van der Waals surface area contributed by atoms with Gasteiger partial charge in [0.1, 0.15) is 5.82 Å². The minimum Gasteiger partial charge on any atom is -0.341 e. The fourth-order valence-corrected chi connectivity index (χ4v) is 3.76. The van der Waals surface area contributed by atoms with E-state index in [0.717, 1.165) is 43.1 Å². The third kappa shape index (κ3) is 3.54. The van der Waals surface area contributed by atoms with Gasteiger partial charge in [-0.05, 0) is 56.2 Å². The molecule has 1 fully saturated rings. The van der Waals surface area contributed by atoms with Crippen LogP contribution in [0.25, 0.3) is 0 Å². The fourth-order valence-electron chi connectivity index (χ4n) is 3.76. The first kappa shape index (κ1) is 16.9. The molecule has 136 valence electrons. The number of aryl methyl sites for hydroxylation is 1. The van der Waals surface area contributed by atoms with Crippen molar-refractivity contribution >= 4 is 17.5 Å². The molecule has 2 aromatic rings. The second-order valence-corrected chi connectivity index (χ2v) is 7.10. The zero-order chi connectivity index (χ0) is 17.9. The molecule has 2 aliphatic rings. The Morgan fingerprint density at radius 3 is 2.81 bits per heavy atom. The van der Waals surface area contributed by atoms with Gasteiger partial charge in [-0.25, -0.2) is 14.4 Å². The summed E-state index contributed by atoms with van der Waals surface area (Å²) in [6, 6.07) is 6.25. The lowest BCUT2D eigenvalue weighted by Crippen LogP contribution is -2.32. The summed E-state index contributed by atoms with van der Waals surface area (Å²) in [6.07, 6.45) is 7.63. The molecule has 1 amide bonds. The summed E-state index contributed by atoms with van der Waals surface area (Å²) in [5.74, 6) is 0.0941. The van der Waals surface area contributed by atoms with Crippen molar-refractivity contribution in [3.05, 3.63) is 47.5 Å². The minimum absolute atomic E-state index is 0.138. The van der Waals surface area contributed by atoms with Crippen molar-refractivity contribution in [3.8, 4) is 0 Å². The van der Waals surface area contributed by atoms with Gasteiger partial charge in [-0.2, -0.15) is 0 Å². The lowest BCUT2D eigenvalue weighted by atomic mass is 9.86. The predicted molar refractivity (Wildman–Crippen MR) is 98.6 cm³/mol. The Morgan fingerprint density at radius 2 is 2.00 bits per heavy atom.